The molecule has 5 atom stereocenters. The molecule has 2 bridgehead atoms. The molecule has 0 radical (unpaired) electrons. The van der Waals surface area contributed by atoms with E-state index < -0.39 is 0 Å². The fraction of sp³-hybridized carbons (Fsp3) is 1.00. The van der Waals surface area contributed by atoms with Gasteiger partial charge in [-0.05, 0) is 31.1 Å². The molecule has 3 rings (SSSR count). The zero-order valence-electron chi connectivity index (χ0n) is 9.06. The van der Waals surface area contributed by atoms with E-state index in [0.717, 1.165) is 12.8 Å². The van der Waals surface area contributed by atoms with Gasteiger partial charge in [-0.1, -0.05) is 13.8 Å². The average molecular weight is 199 g/mol. The highest BCUT2D eigenvalue weighted by molar-refractivity contribution is 4.90. The zero-order valence-corrected chi connectivity index (χ0v) is 9.06. The van der Waals surface area contributed by atoms with Gasteiger partial charge in [-0.3, -0.25) is 0 Å². The molecular formula is C11H21NO2. The Bertz CT molecular complexity index is 207. The molecule has 3 fully saturated rings. The lowest BCUT2D eigenvalue weighted by Crippen LogP contribution is -2.52. The van der Waals surface area contributed by atoms with E-state index in [1.54, 1.807) is 0 Å². The first-order valence-electron chi connectivity index (χ1n) is 5.71. The Balaban J connectivity index is 2.16. The van der Waals surface area contributed by atoms with Gasteiger partial charge in [-0.25, -0.2) is 0 Å². The number of aliphatic hydroxyl groups excluding tert-OH is 1. The van der Waals surface area contributed by atoms with Gasteiger partial charge in [-0.2, -0.15) is 5.06 Å². The fourth-order valence-electron chi connectivity index (χ4n) is 3.21. The second kappa shape index (κ2) is 3.80. The van der Waals surface area contributed by atoms with Crippen molar-refractivity contribution in [2.45, 2.75) is 45.3 Å². The van der Waals surface area contributed by atoms with Crippen LogP contribution in [0.3, 0.4) is 0 Å². The molecule has 2 saturated heterocycles. The summed E-state index contributed by atoms with van der Waals surface area (Å²) in [7, 11) is 0. The van der Waals surface area contributed by atoms with Gasteiger partial charge in [0.25, 0.3) is 0 Å². The molecule has 0 aromatic heterocycles. The number of hydrogen-bond donors (Lipinski definition) is 2. The summed E-state index contributed by atoms with van der Waals surface area (Å²) in [5.74, 6) is 1.45. The van der Waals surface area contributed by atoms with Crippen molar-refractivity contribution in [2.24, 2.45) is 17.8 Å². The Morgan fingerprint density at radius 3 is 2.57 bits per heavy atom. The number of nitrogens with zero attached hydrogens (tertiary/aromatic N) is 1. The predicted molar refractivity (Wildman–Crippen MR) is 54.0 cm³/mol. The highest BCUT2D eigenvalue weighted by Gasteiger charge is 2.40. The van der Waals surface area contributed by atoms with Crippen molar-refractivity contribution in [3.8, 4) is 0 Å². The molecule has 5 unspecified atom stereocenters. The molecule has 14 heavy (non-hydrogen) atoms. The maximum Gasteiger partial charge on any atom is 0.0599 e. The first-order chi connectivity index (χ1) is 6.58. The molecule has 0 aromatic rings. The molecular weight excluding hydrogens is 178 g/mol. The van der Waals surface area contributed by atoms with E-state index >= 15 is 0 Å². The summed E-state index contributed by atoms with van der Waals surface area (Å²) in [4.78, 5) is 0. The van der Waals surface area contributed by atoms with Gasteiger partial charge in [0.2, 0.25) is 0 Å². The number of piperidine rings is 1. The van der Waals surface area contributed by atoms with Gasteiger partial charge in [0.1, 0.15) is 0 Å². The van der Waals surface area contributed by atoms with Gasteiger partial charge in [-0.15, -0.1) is 0 Å². The van der Waals surface area contributed by atoms with Gasteiger partial charge in [0.15, 0.2) is 0 Å². The molecule has 3 aliphatic rings. The van der Waals surface area contributed by atoms with Gasteiger partial charge >= 0.3 is 0 Å². The third kappa shape index (κ3) is 1.81. The van der Waals surface area contributed by atoms with Crippen molar-refractivity contribution in [1.29, 1.82) is 0 Å². The zero-order chi connectivity index (χ0) is 10.3. The molecule has 1 aliphatic carbocycles. The predicted octanol–water partition coefficient (Wildman–Crippen LogP) is 1.49. The van der Waals surface area contributed by atoms with E-state index in [1.807, 2.05) is 0 Å². The third-order valence-electron chi connectivity index (χ3n) is 4.01. The summed E-state index contributed by atoms with van der Waals surface area (Å²) in [6.07, 6.45) is 2.75. The number of aliphatic hydroxyl groups is 1. The summed E-state index contributed by atoms with van der Waals surface area (Å²) in [5, 5.41) is 21.2. The van der Waals surface area contributed by atoms with Crippen molar-refractivity contribution < 1.29 is 10.3 Å². The Labute approximate surface area is 85.7 Å². The van der Waals surface area contributed by atoms with Crippen LogP contribution in [0.1, 0.15) is 33.1 Å². The lowest BCUT2D eigenvalue weighted by molar-refractivity contribution is -0.196. The first-order valence-corrected chi connectivity index (χ1v) is 5.71. The molecule has 0 amide bonds. The minimum absolute atomic E-state index is 0.184. The lowest BCUT2D eigenvalue weighted by Gasteiger charge is -2.45. The highest BCUT2D eigenvalue weighted by atomic mass is 16.5. The standard InChI is InChI=1S/C11H21NO2/c1-7-3-8(2)10-6-12(14)9(4-7)5-11(10)13/h7-11,13-14H,3-6H2,1-2H3. The minimum atomic E-state index is -0.203. The molecule has 2 heterocycles. The summed E-state index contributed by atoms with van der Waals surface area (Å²) in [6.45, 7) is 5.10. The van der Waals surface area contributed by atoms with Crippen LogP contribution in [0.15, 0.2) is 0 Å². The Hall–Kier alpha value is -0.120. The average Bonchev–Trinajstić information content (AvgIpc) is 2.08. The first kappa shape index (κ1) is 10.4. The van der Waals surface area contributed by atoms with Crippen LogP contribution in [0.4, 0.5) is 0 Å². The number of hydrogen-bond acceptors (Lipinski definition) is 3. The summed E-state index contributed by atoms with van der Waals surface area (Å²) >= 11 is 0. The molecule has 2 N–H and O–H groups in total. The van der Waals surface area contributed by atoms with Crippen molar-refractivity contribution in [2.75, 3.05) is 6.54 Å². The summed E-state index contributed by atoms with van der Waals surface area (Å²) < 4.78 is 0. The SMILES string of the molecule is CC1CC(C)C2CN(O)C(C1)CC2O. The van der Waals surface area contributed by atoms with Crippen LogP contribution in [0, 0.1) is 17.8 Å². The Morgan fingerprint density at radius 2 is 1.86 bits per heavy atom. The monoisotopic (exact) mass is 199 g/mol. The fourth-order valence-corrected chi connectivity index (χ4v) is 3.21. The van der Waals surface area contributed by atoms with Gasteiger partial charge in [0, 0.05) is 18.5 Å². The van der Waals surface area contributed by atoms with Crippen molar-refractivity contribution in [3.63, 3.8) is 0 Å². The largest absolute Gasteiger partial charge is 0.393 e. The maximum atomic E-state index is 9.94. The number of hydroxylamine groups is 2. The van der Waals surface area contributed by atoms with E-state index in [9.17, 15) is 10.3 Å². The lowest BCUT2D eigenvalue weighted by atomic mass is 9.73. The van der Waals surface area contributed by atoms with Crippen molar-refractivity contribution >= 4 is 0 Å². The Morgan fingerprint density at radius 1 is 1.14 bits per heavy atom. The van der Waals surface area contributed by atoms with Crippen LogP contribution in [0.25, 0.3) is 0 Å². The van der Waals surface area contributed by atoms with E-state index in [4.69, 9.17) is 0 Å². The molecule has 3 heteroatoms. The maximum absolute atomic E-state index is 9.94. The van der Waals surface area contributed by atoms with E-state index in [-0.39, 0.29) is 18.1 Å². The van der Waals surface area contributed by atoms with Gasteiger partial charge < -0.3 is 10.3 Å². The summed E-state index contributed by atoms with van der Waals surface area (Å²) in [5.41, 5.74) is 0. The number of fused-ring (bicyclic) bond motifs is 5. The molecule has 82 valence electrons. The second-order valence-electron chi connectivity index (χ2n) is 5.30. The molecule has 0 aromatic carbocycles. The van der Waals surface area contributed by atoms with Crippen molar-refractivity contribution in [1.82, 2.24) is 5.06 Å². The van der Waals surface area contributed by atoms with E-state index in [0.29, 0.717) is 18.4 Å². The van der Waals surface area contributed by atoms with Crippen LogP contribution < -0.4 is 0 Å². The van der Waals surface area contributed by atoms with Crippen LogP contribution in [0.2, 0.25) is 0 Å². The van der Waals surface area contributed by atoms with E-state index in [1.165, 1.54) is 11.5 Å². The van der Waals surface area contributed by atoms with Crippen molar-refractivity contribution in [3.05, 3.63) is 0 Å². The Kier molecular flexibility index (Phi) is 2.82. The smallest absolute Gasteiger partial charge is 0.0599 e. The molecule has 3 nitrogen and oxygen atoms in total. The highest BCUT2D eigenvalue weighted by Crippen LogP contribution is 2.37. The molecule has 2 aliphatic heterocycles. The van der Waals surface area contributed by atoms with Gasteiger partial charge in [0.05, 0.1) is 6.10 Å². The third-order valence-corrected chi connectivity index (χ3v) is 4.01. The molecule has 0 spiro atoms. The van der Waals surface area contributed by atoms with Crippen LogP contribution in [0.5, 0.6) is 0 Å². The van der Waals surface area contributed by atoms with Crippen LogP contribution >= 0.6 is 0 Å². The second-order valence-corrected chi connectivity index (χ2v) is 5.30. The molecule has 1 saturated carbocycles. The normalized spacial score (nSPS) is 50.1. The number of rotatable bonds is 0. The minimum Gasteiger partial charge on any atom is -0.393 e. The topological polar surface area (TPSA) is 43.7 Å². The summed E-state index contributed by atoms with van der Waals surface area (Å²) in [6, 6.07) is 0.184. The quantitative estimate of drug-likeness (QED) is 0.621. The van der Waals surface area contributed by atoms with E-state index in [2.05, 4.69) is 13.8 Å². The van der Waals surface area contributed by atoms with Crippen LogP contribution in [-0.4, -0.2) is 34.1 Å². The van der Waals surface area contributed by atoms with Crippen LogP contribution in [-0.2, 0) is 0 Å².